The maximum Gasteiger partial charge on any atom is 0.573 e. The number of aliphatic hydroxyl groups is 1. The topological polar surface area (TPSA) is 42.4 Å². The van der Waals surface area contributed by atoms with Crippen molar-refractivity contribution in [2.75, 3.05) is 0 Å². The molecule has 0 saturated carbocycles. The molecule has 0 spiro atoms. The zero-order valence-corrected chi connectivity index (χ0v) is 11.8. The summed E-state index contributed by atoms with van der Waals surface area (Å²) in [6.07, 6.45) is -3.63. The highest BCUT2D eigenvalue weighted by Gasteiger charge is 2.32. The number of alkyl halides is 3. The van der Waals surface area contributed by atoms with Gasteiger partial charge in [-0.1, -0.05) is 35.3 Å². The molecule has 2 aromatic rings. The quantitative estimate of drug-likeness (QED) is 0.899. The van der Waals surface area contributed by atoms with Crippen LogP contribution in [0.5, 0.6) is 5.75 Å². The monoisotopic (exact) mass is 337 g/mol. The molecule has 2 rings (SSSR count). The van der Waals surface area contributed by atoms with Crippen molar-refractivity contribution in [1.82, 2.24) is 4.98 Å². The minimum absolute atomic E-state index is 0.0248. The number of nitrogens with zero attached hydrogens (tertiary/aromatic N) is 1. The summed E-state index contributed by atoms with van der Waals surface area (Å²) in [7, 11) is 0. The van der Waals surface area contributed by atoms with Gasteiger partial charge in [0.25, 0.3) is 0 Å². The van der Waals surface area contributed by atoms with Crippen LogP contribution in [0.15, 0.2) is 30.5 Å². The van der Waals surface area contributed by atoms with Gasteiger partial charge in [0, 0.05) is 17.3 Å². The van der Waals surface area contributed by atoms with Gasteiger partial charge in [-0.3, -0.25) is 4.98 Å². The van der Waals surface area contributed by atoms with E-state index in [0.29, 0.717) is 0 Å². The maximum absolute atomic E-state index is 12.4. The zero-order valence-electron chi connectivity index (χ0n) is 10.3. The molecule has 0 unspecified atom stereocenters. The van der Waals surface area contributed by atoms with E-state index in [0.717, 1.165) is 6.07 Å². The molecule has 0 bridgehead atoms. The lowest BCUT2D eigenvalue weighted by Gasteiger charge is -2.14. The Labute approximate surface area is 127 Å². The third kappa shape index (κ3) is 3.58. The van der Waals surface area contributed by atoms with Crippen LogP contribution in [0.25, 0.3) is 11.3 Å². The van der Waals surface area contributed by atoms with Gasteiger partial charge in [-0.15, -0.1) is 13.2 Å². The fourth-order valence-electron chi connectivity index (χ4n) is 1.71. The molecule has 8 heteroatoms. The molecule has 1 heterocycles. The van der Waals surface area contributed by atoms with Gasteiger partial charge >= 0.3 is 6.36 Å². The summed E-state index contributed by atoms with van der Waals surface area (Å²) in [5.74, 6) is -0.439. The highest BCUT2D eigenvalue weighted by molar-refractivity contribution is 6.37. The second-order valence-corrected chi connectivity index (χ2v) is 4.73. The average Bonchev–Trinajstić information content (AvgIpc) is 2.39. The highest BCUT2D eigenvalue weighted by atomic mass is 35.5. The maximum atomic E-state index is 12.4. The Kier molecular flexibility index (Phi) is 4.61. The number of pyridine rings is 1. The molecule has 0 aliphatic heterocycles. The van der Waals surface area contributed by atoms with E-state index >= 15 is 0 Å². The SMILES string of the molecule is OCc1c(Cl)cnc(-c2ccccc2OC(F)(F)F)c1Cl. The van der Waals surface area contributed by atoms with Gasteiger partial charge in [-0.05, 0) is 12.1 Å². The number of hydrogen-bond acceptors (Lipinski definition) is 3. The van der Waals surface area contributed by atoms with Crippen LogP contribution in [-0.2, 0) is 6.61 Å². The second-order valence-electron chi connectivity index (χ2n) is 3.95. The average molecular weight is 338 g/mol. The summed E-state index contributed by atoms with van der Waals surface area (Å²) in [4.78, 5) is 3.92. The molecule has 1 N–H and O–H groups in total. The second kappa shape index (κ2) is 6.09. The molecular weight excluding hydrogens is 330 g/mol. The largest absolute Gasteiger partial charge is 0.573 e. The Morgan fingerprint density at radius 2 is 1.86 bits per heavy atom. The van der Waals surface area contributed by atoms with E-state index in [-0.39, 0.29) is 26.9 Å². The van der Waals surface area contributed by atoms with Crippen LogP contribution in [0.1, 0.15) is 5.56 Å². The fourth-order valence-corrected chi connectivity index (χ4v) is 2.28. The van der Waals surface area contributed by atoms with Crippen molar-refractivity contribution < 1.29 is 23.0 Å². The Morgan fingerprint density at radius 1 is 1.19 bits per heavy atom. The van der Waals surface area contributed by atoms with Crippen molar-refractivity contribution in [2.24, 2.45) is 0 Å². The molecule has 0 saturated heterocycles. The molecule has 0 aliphatic carbocycles. The van der Waals surface area contributed by atoms with Gasteiger partial charge in [0.05, 0.1) is 22.3 Å². The van der Waals surface area contributed by atoms with Crippen LogP contribution in [0.3, 0.4) is 0 Å². The molecular formula is C13H8Cl2F3NO2. The van der Waals surface area contributed by atoms with Gasteiger partial charge in [0.2, 0.25) is 0 Å². The van der Waals surface area contributed by atoms with E-state index in [4.69, 9.17) is 23.2 Å². The lowest BCUT2D eigenvalue weighted by molar-refractivity contribution is -0.274. The summed E-state index contributed by atoms with van der Waals surface area (Å²) in [6, 6.07) is 5.43. The third-order valence-electron chi connectivity index (χ3n) is 2.59. The third-order valence-corrected chi connectivity index (χ3v) is 3.33. The minimum atomic E-state index is -4.84. The van der Waals surface area contributed by atoms with Crippen molar-refractivity contribution in [2.45, 2.75) is 13.0 Å². The lowest BCUT2D eigenvalue weighted by Crippen LogP contribution is -2.17. The molecule has 21 heavy (non-hydrogen) atoms. The number of rotatable bonds is 3. The Morgan fingerprint density at radius 3 is 2.48 bits per heavy atom. The van der Waals surface area contributed by atoms with E-state index in [9.17, 15) is 18.3 Å². The predicted molar refractivity (Wildman–Crippen MR) is 72.3 cm³/mol. The van der Waals surface area contributed by atoms with Gasteiger partial charge < -0.3 is 9.84 Å². The Hall–Kier alpha value is -1.50. The molecule has 0 fully saturated rings. The molecule has 0 atom stereocenters. The summed E-state index contributed by atoms with van der Waals surface area (Å²) in [5, 5.41) is 9.32. The molecule has 1 aromatic carbocycles. The van der Waals surface area contributed by atoms with Crippen molar-refractivity contribution in [3.05, 3.63) is 46.1 Å². The number of benzene rings is 1. The first-order valence-corrected chi connectivity index (χ1v) is 6.38. The van der Waals surface area contributed by atoms with Crippen molar-refractivity contribution in [3.63, 3.8) is 0 Å². The predicted octanol–water partition coefficient (Wildman–Crippen LogP) is 4.45. The highest BCUT2D eigenvalue weighted by Crippen LogP contribution is 2.38. The van der Waals surface area contributed by atoms with Crippen molar-refractivity contribution in [3.8, 4) is 17.0 Å². The van der Waals surface area contributed by atoms with Crippen LogP contribution in [-0.4, -0.2) is 16.5 Å². The normalized spacial score (nSPS) is 11.5. The summed E-state index contributed by atoms with van der Waals surface area (Å²) >= 11 is 11.9. The standard InChI is InChI=1S/C13H8Cl2F3NO2/c14-9-5-19-12(11(15)8(9)6-20)7-3-1-2-4-10(7)21-13(16,17)18/h1-5,20H,6H2. The molecule has 112 valence electrons. The fraction of sp³-hybridized carbons (Fsp3) is 0.154. The lowest BCUT2D eigenvalue weighted by atomic mass is 10.1. The van der Waals surface area contributed by atoms with E-state index < -0.39 is 18.7 Å². The van der Waals surface area contributed by atoms with E-state index in [1.54, 1.807) is 0 Å². The van der Waals surface area contributed by atoms with E-state index in [2.05, 4.69) is 9.72 Å². The van der Waals surface area contributed by atoms with E-state index in [1.807, 2.05) is 0 Å². The zero-order chi connectivity index (χ0) is 15.6. The molecule has 3 nitrogen and oxygen atoms in total. The Balaban J connectivity index is 2.58. The number of halogens is 5. The van der Waals surface area contributed by atoms with Crippen molar-refractivity contribution in [1.29, 1.82) is 0 Å². The first kappa shape index (κ1) is 15.9. The van der Waals surface area contributed by atoms with E-state index in [1.165, 1.54) is 24.4 Å². The van der Waals surface area contributed by atoms with Gasteiger partial charge in [0.1, 0.15) is 5.75 Å². The summed E-state index contributed by atoms with van der Waals surface area (Å²) < 4.78 is 41.2. The van der Waals surface area contributed by atoms with Crippen LogP contribution in [0.2, 0.25) is 10.0 Å². The number of aliphatic hydroxyl groups excluding tert-OH is 1. The number of para-hydroxylation sites is 1. The first-order valence-electron chi connectivity index (χ1n) is 5.62. The molecule has 1 aromatic heterocycles. The number of aromatic nitrogens is 1. The minimum Gasteiger partial charge on any atom is -0.405 e. The molecule has 0 amide bonds. The van der Waals surface area contributed by atoms with Crippen LogP contribution in [0, 0.1) is 0 Å². The summed E-state index contributed by atoms with van der Waals surface area (Å²) in [6.45, 7) is -0.463. The number of ether oxygens (including phenoxy) is 1. The van der Waals surface area contributed by atoms with Gasteiger partial charge in [-0.25, -0.2) is 0 Å². The van der Waals surface area contributed by atoms with Crippen LogP contribution in [0.4, 0.5) is 13.2 Å². The van der Waals surface area contributed by atoms with Crippen LogP contribution < -0.4 is 4.74 Å². The Bertz CT molecular complexity index is 662. The summed E-state index contributed by atoms with van der Waals surface area (Å²) in [5.41, 5.74) is 0.279. The molecule has 0 aliphatic rings. The first-order chi connectivity index (χ1) is 9.83. The van der Waals surface area contributed by atoms with Gasteiger partial charge in [0.15, 0.2) is 0 Å². The number of hydrogen-bond donors (Lipinski definition) is 1. The van der Waals surface area contributed by atoms with Gasteiger partial charge in [-0.2, -0.15) is 0 Å². The van der Waals surface area contributed by atoms with Crippen molar-refractivity contribution >= 4 is 23.2 Å². The van der Waals surface area contributed by atoms with Crippen LogP contribution >= 0.6 is 23.2 Å². The smallest absolute Gasteiger partial charge is 0.405 e. The molecule has 0 radical (unpaired) electrons.